The van der Waals surface area contributed by atoms with Gasteiger partial charge in [-0.1, -0.05) is 13.8 Å². The van der Waals surface area contributed by atoms with Crippen LogP contribution in [0.1, 0.15) is 55.7 Å². The molecule has 0 saturated heterocycles. The smallest absolute Gasteiger partial charge is 0.0426 e. The second kappa shape index (κ2) is 6.15. The Kier molecular flexibility index (Phi) is 5.13. The van der Waals surface area contributed by atoms with E-state index in [-0.39, 0.29) is 0 Å². The molecule has 1 aromatic rings. The molecule has 1 N–H and O–H groups in total. The first kappa shape index (κ1) is 14.2. The summed E-state index contributed by atoms with van der Waals surface area (Å²) < 4.78 is 0. The van der Waals surface area contributed by atoms with Crippen molar-refractivity contribution in [1.29, 1.82) is 0 Å². The highest BCUT2D eigenvalue weighted by Gasteiger charge is 2.12. The fraction of sp³-hybridized carbons (Fsp3) is 0.667. The zero-order valence-electron chi connectivity index (χ0n) is 12.1. The minimum absolute atomic E-state index is 0.391. The van der Waals surface area contributed by atoms with Gasteiger partial charge in [-0.3, -0.25) is 4.98 Å². The summed E-state index contributed by atoms with van der Waals surface area (Å²) in [7, 11) is 0. The average Bonchev–Trinajstić information content (AvgIpc) is 2.14. The van der Waals surface area contributed by atoms with Crippen molar-refractivity contribution in [1.82, 2.24) is 10.3 Å². The van der Waals surface area contributed by atoms with E-state index in [9.17, 15) is 0 Å². The van der Waals surface area contributed by atoms with E-state index in [0.29, 0.717) is 6.04 Å². The quantitative estimate of drug-likeness (QED) is 0.840. The molecule has 0 aliphatic carbocycles. The topological polar surface area (TPSA) is 24.9 Å². The molecule has 1 heterocycles. The van der Waals surface area contributed by atoms with E-state index in [2.05, 4.69) is 57.9 Å². The van der Waals surface area contributed by atoms with Gasteiger partial charge in [-0.15, -0.1) is 0 Å². The third-order valence-corrected chi connectivity index (χ3v) is 3.19. The molecule has 0 fully saturated rings. The monoisotopic (exact) mass is 234 g/mol. The number of pyridine rings is 1. The minimum atomic E-state index is 0.391. The van der Waals surface area contributed by atoms with Crippen LogP contribution >= 0.6 is 0 Å². The van der Waals surface area contributed by atoms with Gasteiger partial charge < -0.3 is 5.32 Å². The Morgan fingerprint density at radius 3 is 2.35 bits per heavy atom. The van der Waals surface area contributed by atoms with Gasteiger partial charge in [0, 0.05) is 17.4 Å². The molecule has 1 aromatic heterocycles. The van der Waals surface area contributed by atoms with Crippen molar-refractivity contribution in [3.63, 3.8) is 0 Å². The Bertz CT molecular complexity index is 346. The minimum Gasteiger partial charge on any atom is -0.310 e. The number of aromatic nitrogens is 1. The first-order chi connectivity index (χ1) is 7.91. The third kappa shape index (κ3) is 4.12. The molecule has 96 valence electrons. The van der Waals surface area contributed by atoms with Gasteiger partial charge >= 0.3 is 0 Å². The highest BCUT2D eigenvalue weighted by atomic mass is 14.9. The molecule has 1 rings (SSSR count). The number of rotatable bonds is 5. The highest BCUT2D eigenvalue weighted by molar-refractivity contribution is 5.33. The molecule has 0 amide bonds. The van der Waals surface area contributed by atoms with Crippen molar-refractivity contribution >= 4 is 0 Å². The zero-order chi connectivity index (χ0) is 13.0. The molecule has 0 spiro atoms. The molecule has 1 atom stereocenters. The zero-order valence-corrected chi connectivity index (χ0v) is 12.1. The van der Waals surface area contributed by atoms with Crippen LogP contribution < -0.4 is 5.32 Å². The van der Waals surface area contributed by atoms with Crippen LogP contribution in [-0.2, 0) is 0 Å². The summed E-state index contributed by atoms with van der Waals surface area (Å²) in [5.74, 6) is 0.757. The summed E-state index contributed by atoms with van der Waals surface area (Å²) in [6.07, 6.45) is 1.22. The Labute approximate surface area is 106 Å². The number of nitrogens with one attached hydrogen (secondary N) is 1. The van der Waals surface area contributed by atoms with Gasteiger partial charge in [0.05, 0.1) is 0 Å². The number of hydrogen-bond donors (Lipinski definition) is 1. The number of nitrogens with zero attached hydrogens (tertiary/aromatic N) is 1. The van der Waals surface area contributed by atoms with Crippen molar-refractivity contribution in [2.45, 2.75) is 54.0 Å². The standard InChI is InChI=1S/C15H26N2/c1-10(2)7-8-16-13(5)15-11(3)9-12(4)17-14(15)6/h9-10,13,16H,7-8H2,1-6H3. The van der Waals surface area contributed by atoms with Crippen molar-refractivity contribution in [2.24, 2.45) is 5.92 Å². The Balaban J connectivity index is 2.72. The lowest BCUT2D eigenvalue weighted by atomic mass is 10.00. The number of hydrogen-bond acceptors (Lipinski definition) is 2. The third-order valence-electron chi connectivity index (χ3n) is 3.19. The molecule has 0 aromatic carbocycles. The molecule has 0 aliphatic rings. The van der Waals surface area contributed by atoms with Crippen LogP contribution in [0.5, 0.6) is 0 Å². The highest BCUT2D eigenvalue weighted by Crippen LogP contribution is 2.21. The molecule has 0 radical (unpaired) electrons. The molecule has 0 aliphatic heterocycles. The SMILES string of the molecule is Cc1cc(C)c(C(C)NCCC(C)C)c(C)n1. The van der Waals surface area contributed by atoms with Gasteiger partial charge in [0.25, 0.3) is 0 Å². The molecule has 0 saturated carbocycles. The Morgan fingerprint density at radius 2 is 1.82 bits per heavy atom. The van der Waals surface area contributed by atoms with Crippen molar-refractivity contribution in [3.05, 3.63) is 28.6 Å². The van der Waals surface area contributed by atoms with E-state index in [1.807, 2.05) is 0 Å². The van der Waals surface area contributed by atoms with E-state index >= 15 is 0 Å². The fourth-order valence-corrected chi connectivity index (χ4v) is 2.38. The van der Waals surface area contributed by atoms with E-state index in [4.69, 9.17) is 0 Å². The van der Waals surface area contributed by atoms with Crippen LogP contribution in [-0.4, -0.2) is 11.5 Å². The molecular formula is C15H26N2. The van der Waals surface area contributed by atoms with Crippen LogP contribution in [0.15, 0.2) is 6.07 Å². The van der Waals surface area contributed by atoms with Gasteiger partial charge in [0.15, 0.2) is 0 Å². The summed E-state index contributed by atoms with van der Waals surface area (Å²) in [5, 5.41) is 3.59. The van der Waals surface area contributed by atoms with Crippen LogP contribution in [0.25, 0.3) is 0 Å². The van der Waals surface area contributed by atoms with Crippen molar-refractivity contribution < 1.29 is 0 Å². The van der Waals surface area contributed by atoms with Crippen molar-refractivity contribution in [2.75, 3.05) is 6.54 Å². The summed E-state index contributed by atoms with van der Waals surface area (Å²) in [6, 6.07) is 2.56. The predicted octanol–water partition coefficient (Wildman–Crippen LogP) is 3.70. The molecule has 17 heavy (non-hydrogen) atoms. The van der Waals surface area contributed by atoms with Crippen LogP contribution in [0.4, 0.5) is 0 Å². The van der Waals surface area contributed by atoms with Gasteiger partial charge in [-0.25, -0.2) is 0 Å². The maximum atomic E-state index is 4.56. The lowest BCUT2D eigenvalue weighted by molar-refractivity contribution is 0.494. The van der Waals surface area contributed by atoms with E-state index in [1.165, 1.54) is 17.5 Å². The molecular weight excluding hydrogens is 208 g/mol. The first-order valence-electron chi connectivity index (χ1n) is 6.60. The lowest BCUT2D eigenvalue weighted by Crippen LogP contribution is -2.23. The second-order valence-corrected chi connectivity index (χ2v) is 5.44. The first-order valence-corrected chi connectivity index (χ1v) is 6.60. The Morgan fingerprint density at radius 1 is 1.18 bits per heavy atom. The largest absolute Gasteiger partial charge is 0.310 e. The van der Waals surface area contributed by atoms with Gasteiger partial charge in [0.1, 0.15) is 0 Å². The molecule has 1 unspecified atom stereocenters. The van der Waals surface area contributed by atoms with Crippen LogP contribution in [0, 0.1) is 26.7 Å². The predicted molar refractivity (Wildman–Crippen MR) is 74.3 cm³/mol. The molecule has 2 nitrogen and oxygen atoms in total. The summed E-state index contributed by atoms with van der Waals surface area (Å²) >= 11 is 0. The fourth-order valence-electron chi connectivity index (χ4n) is 2.38. The van der Waals surface area contributed by atoms with E-state index in [0.717, 1.165) is 23.9 Å². The average molecular weight is 234 g/mol. The maximum Gasteiger partial charge on any atom is 0.0426 e. The molecule has 2 heteroatoms. The van der Waals surface area contributed by atoms with E-state index in [1.54, 1.807) is 0 Å². The maximum absolute atomic E-state index is 4.56. The van der Waals surface area contributed by atoms with Crippen LogP contribution in [0.3, 0.4) is 0 Å². The van der Waals surface area contributed by atoms with Crippen LogP contribution in [0.2, 0.25) is 0 Å². The summed E-state index contributed by atoms with van der Waals surface area (Å²) in [4.78, 5) is 4.56. The number of aryl methyl sites for hydroxylation is 3. The van der Waals surface area contributed by atoms with Crippen molar-refractivity contribution in [3.8, 4) is 0 Å². The van der Waals surface area contributed by atoms with E-state index < -0.39 is 0 Å². The normalized spacial score (nSPS) is 13.1. The lowest BCUT2D eigenvalue weighted by Gasteiger charge is -2.19. The van der Waals surface area contributed by atoms with Gasteiger partial charge in [0.2, 0.25) is 0 Å². The second-order valence-electron chi connectivity index (χ2n) is 5.44. The summed E-state index contributed by atoms with van der Waals surface area (Å²) in [6.45, 7) is 14.2. The van der Waals surface area contributed by atoms with Gasteiger partial charge in [-0.05, 0) is 63.8 Å². The molecule has 0 bridgehead atoms. The Hall–Kier alpha value is -0.890. The summed E-state index contributed by atoms with van der Waals surface area (Å²) in [5.41, 5.74) is 4.98. The van der Waals surface area contributed by atoms with Gasteiger partial charge in [-0.2, -0.15) is 0 Å².